The maximum Gasteiger partial charge on any atom is 0.220 e. The number of unbranched alkanes of at least 4 members (excludes halogenated alkanes) is 59. The summed E-state index contributed by atoms with van der Waals surface area (Å²) >= 11 is 0. The van der Waals surface area contributed by atoms with Gasteiger partial charge in [-0.1, -0.05) is 404 Å². The zero-order valence-corrected chi connectivity index (χ0v) is 54.4. The van der Waals surface area contributed by atoms with Crippen molar-refractivity contribution in [1.82, 2.24) is 5.32 Å². The predicted molar refractivity (Wildman–Crippen MR) is 355 cm³/mol. The van der Waals surface area contributed by atoms with Gasteiger partial charge < -0.3 is 15.5 Å². The summed E-state index contributed by atoms with van der Waals surface area (Å²) in [6, 6.07) is -0.535. The first-order valence-corrected chi connectivity index (χ1v) is 37.0. The van der Waals surface area contributed by atoms with Gasteiger partial charge in [-0.15, -0.1) is 0 Å². The van der Waals surface area contributed by atoms with Crippen molar-refractivity contribution in [3.8, 4) is 0 Å². The fourth-order valence-electron chi connectivity index (χ4n) is 12.1. The lowest BCUT2D eigenvalue weighted by atomic mass is 10.0. The molecule has 0 saturated carbocycles. The van der Waals surface area contributed by atoms with Crippen LogP contribution in [0.5, 0.6) is 0 Å². The van der Waals surface area contributed by atoms with E-state index in [1.165, 1.54) is 372 Å². The normalized spacial score (nSPS) is 12.7. The number of nitrogens with one attached hydrogen (secondary N) is 1. The number of amides is 1. The smallest absolute Gasteiger partial charge is 0.220 e. The Morgan fingerprint density at radius 2 is 0.519 bits per heavy atom. The highest BCUT2D eigenvalue weighted by Crippen LogP contribution is 2.20. The van der Waals surface area contributed by atoms with Gasteiger partial charge in [-0.05, 0) is 44.9 Å². The van der Waals surface area contributed by atoms with Crippen molar-refractivity contribution in [1.29, 1.82) is 0 Å². The number of carbonyl (C=O) groups excluding carboxylic acids is 1. The molecule has 0 bridgehead atoms. The zero-order valence-electron chi connectivity index (χ0n) is 54.4. The molecule has 2 atom stereocenters. The maximum atomic E-state index is 12.6. The topological polar surface area (TPSA) is 69.6 Å². The van der Waals surface area contributed by atoms with Crippen LogP contribution in [0.1, 0.15) is 431 Å². The molecule has 3 N–H and O–H groups in total. The standard InChI is InChI=1S/C75H147NO3/c1-3-5-7-9-11-13-15-17-19-21-23-25-27-29-31-33-35-36-37-38-39-40-41-43-45-47-49-51-53-55-57-59-61-63-65-67-69-71-75(79)76-73(72-77)74(78)70-68-66-64-62-60-58-56-54-52-50-48-46-44-42-34-32-30-28-26-24-22-20-18-16-14-12-10-8-6-4-2/h15,17,21,23,73-74,77-78H,3-14,16,18-20,22,24-72H2,1-2H3,(H,76,79)/b17-15-,23-21-. The van der Waals surface area contributed by atoms with Crippen molar-refractivity contribution >= 4 is 5.91 Å². The molecule has 0 rings (SSSR count). The van der Waals surface area contributed by atoms with Gasteiger partial charge in [-0.2, -0.15) is 0 Å². The molecule has 0 aliphatic rings. The summed E-state index contributed by atoms with van der Waals surface area (Å²) in [4.78, 5) is 12.6. The Morgan fingerprint density at radius 3 is 0.759 bits per heavy atom. The molecule has 0 saturated heterocycles. The Kier molecular flexibility index (Phi) is 70.1. The number of allylic oxidation sites excluding steroid dienone is 4. The molecule has 0 aliphatic carbocycles. The third-order valence-electron chi connectivity index (χ3n) is 17.7. The molecule has 1 amide bonds. The Hall–Kier alpha value is -1.13. The van der Waals surface area contributed by atoms with Gasteiger partial charge in [0, 0.05) is 6.42 Å². The van der Waals surface area contributed by atoms with Crippen LogP contribution >= 0.6 is 0 Å². The highest BCUT2D eigenvalue weighted by molar-refractivity contribution is 5.76. The molecule has 0 aliphatic heterocycles. The second-order valence-corrected chi connectivity index (χ2v) is 25.7. The van der Waals surface area contributed by atoms with Crippen molar-refractivity contribution in [2.45, 2.75) is 443 Å². The average molecular weight is 1110 g/mol. The Bertz CT molecular complexity index is 1170. The number of hydrogen-bond acceptors (Lipinski definition) is 3. The lowest BCUT2D eigenvalue weighted by Crippen LogP contribution is -2.45. The van der Waals surface area contributed by atoms with E-state index in [1.54, 1.807) is 0 Å². The van der Waals surface area contributed by atoms with E-state index >= 15 is 0 Å². The van der Waals surface area contributed by atoms with Crippen molar-refractivity contribution in [2.24, 2.45) is 0 Å². The molecule has 0 spiro atoms. The summed E-state index contributed by atoms with van der Waals surface area (Å²) in [6.45, 7) is 4.40. The van der Waals surface area contributed by atoms with Crippen LogP contribution in [0.15, 0.2) is 24.3 Å². The number of hydrogen-bond donors (Lipinski definition) is 3. The third kappa shape index (κ3) is 67.5. The molecular formula is C75H147NO3. The van der Waals surface area contributed by atoms with Crippen LogP contribution in [0.25, 0.3) is 0 Å². The molecule has 0 heterocycles. The number of aliphatic hydroxyl groups is 2. The van der Waals surface area contributed by atoms with Crippen molar-refractivity contribution < 1.29 is 15.0 Å². The minimum absolute atomic E-state index is 0.0205. The molecule has 0 aromatic carbocycles. The second kappa shape index (κ2) is 71.1. The van der Waals surface area contributed by atoms with E-state index in [1.807, 2.05) is 0 Å². The summed E-state index contributed by atoms with van der Waals surface area (Å²) in [5.74, 6) is -0.0205. The lowest BCUT2D eigenvalue weighted by molar-refractivity contribution is -0.123. The van der Waals surface area contributed by atoms with Gasteiger partial charge >= 0.3 is 0 Å². The van der Waals surface area contributed by atoms with Gasteiger partial charge in [-0.3, -0.25) is 4.79 Å². The predicted octanol–water partition coefficient (Wildman–Crippen LogP) is 25.3. The summed E-state index contributed by atoms with van der Waals surface area (Å²) in [5.41, 5.74) is 0. The van der Waals surface area contributed by atoms with E-state index in [-0.39, 0.29) is 12.5 Å². The molecule has 0 radical (unpaired) electrons. The molecular weight excluding hydrogens is 963 g/mol. The molecule has 0 aromatic rings. The largest absolute Gasteiger partial charge is 0.394 e. The van der Waals surface area contributed by atoms with Gasteiger partial charge in [0.25, 0.3) is 0 Å². The molecule has 0 fully saturated rings. The van der Waals surface area contributed by atoms with Gasteiger partial charge in [0.05, 0.1) is 18.8 Å². The number of aliphatic hydroxyl groups excluding tert-OH is 2. The van der Waals surface area contributed by atoms with Crippen molar-refractivity contribution in [2.75, 3.05) is 6.61 Å². The van der Waals surface area contributed by atoms with Crippen molar-refractivity contribution in [3.63, 3.8) is 0 Å². The summed E-state index contributed by atoms with van der Waals surface area (Å²) in [7, 11) is 0. The van der Waals surface area contributed by atoms with Crippen LogP contribution in [-0.4, -0.2) is 34.9 Å². The number of rotatable bonds is 70. The Balaban J connectivity index is 3.36. The van der Waals surface area contributed by atoms with Gasteiger partial charge in [0.15, 0.2) is 0 Å². The second-order valence-electron chi connectivity index (χ2n) is 25.7. The zero-order chi connectivity index (χ0) is 56.9. The molecule has 4 heteroatoms. The molecule has 0 aromatic heterocycles. The highest BCUT2D eigenvalue weighted by atomic mass is 16.3. The van der Waals surface area contributed by atoms with Crippen LogP contribution in [-0.2, 0) is 4.79 Å². The fraction of sp³-hybridized carbons (Fsp3) is 0.933. The summed E-state index contributed by atoms with van der Waals surface area (Å²) in [5, 5.41) is 23.5. The van der Waals surface area contributed by atoms with Crippen LogP contribution in [0, 0.1) is 0 Å². The van der Waals surface area contributed by atoms with E-state index in [0.717, 1.165) is 32.1 Å². The summed E-state index contributed by atoms with van der Waals surface area (Å²) in [6.07, 6.45) is 96.9. The minimum Gasteiger partial charge on any atom is -0.394 e. The Labute approximate surface area is 498 Å². The molecule has 79 heavy (non-hydrogen) atoms. The van der Waals surface area contributed by atoms with E-state index in [9.17, 15) is 15.0 Å². The van der Waals surface area contributed by atoms with Crippen LogP contribution < -0.4 is 5.32 Å². The first-order valence-electron chi connectivity index (χ1n) is 37.0. The third-order valence-corrected chi connectivity index (χ3v) is 17.7. The van der Waals surface area contributed by atoms with Crippen molar-refractivity contribution in [3.05, 3.63) is 24.3 Å². The fourth-order valence-corrected chi connectivity index (χ4v) is 12.1. The van der Waals surface area contributed by atoms with E-state index in [2.05, 4.69) is 43.5 Å². The van der Waals surface area contributed by atoms with Gasteiger partial charge in [0.1, 0.15) is 0 Å². The first kappa shape index (κ1) is 77.9. The highest BCUT2D eigenvalue weighted by Gasteiger charge is 2.20. The molecule has 4 nitrogen and oxygen atoms in total. The van der Waals surface area contributed by atoms with Crippen LogP contribution in [0.2, 0.25) is 0 Å². The maximum absolute atomic E-state index is 12.6. The SMILES string of the molecule is CCCCCCC/C=C\C/C=C\CCCCCCCCCCCCCCCCCCCCCCCCCCCC(=O)NC(CO)C(O)CCCCCCCCCCCCCCCCCCCCCCCCCCCCCCCC. The van der Waals surface area contributed by atoms with Gasteiger partial charge in [0.2, 0.25) is 5.91 Å². The van der Waals surface area contributed by atoms with E-state index in [4.69, 9.17) is 0 Å². The number of carbonyl (C=O) groups is 1. The molecule has 2 unspecified atom stereocenters. The summed E-state index contributed by atoms with van der Waals surface area (Å²) < 4.78 is 0. The molecule has 470 valence electrons. The van der Waals surface area contributed by atoms with E-state index in [0.29, 0.717) is 12.8 Å². The Morgan fingerprint density at radius 1 is 0.304 bits per heavy atom. The lowest BCUT2D eigenvalue weighted by Gasteiger charge is -2.22. The first-order chi connectivity index (χ1) is 39.2. The van der Waals surface area contributed by atoms with Crippen LogP contribution in [0.3, 0.4) is 0 Å². The van der Waals surface area contributed by atoms with Crippen LogP contribution in [0.4, 0.5) is 0 Å². The minimum atomic E-state index is -0.659. The quantitative estimate of drug-likeness (QED) is 0.0420. The monoisotopic (exact) mass is 1110 g/mol. The van der Waals surface area contributed by atoms with E-state index < -0.39 is 12.1 Å². The average Bonchev–Trinajstić information content (AvgIpc) is 3.45. The van der Waals surface area contributed by atoms with Gasteiger partial charge in [-0.25, -0.2) is 0 Å².